The van der Waals surface area contributed by atoms with E-state index >= 15 is 0 Å². The Morgan fingerprint density at radius 1 is 1.70 bits per heavy atom. The van der Waals surface area contributed by atoms with Gasteiger partial charge in [-0.2, -0.15) is 0 Å². The molecule has 0 N–H and O–H groups in total. The largest absolute Gasteiger partial charge is 0.365 e. The van der Waals surface area contributed by atoms with Crippen molar-refractivity contribution >= 4 is 0 Å². The average molecular weight is 140 g/mol. The molecule has 0 radical (unpaired) electrons. The molecule has 58 valence electrons. The zero-order chi connectivity index (χ0) is 7.78. The summed E-state index contributed by atoms with van der Waals surface area (Å²) >= 11 is 0. The molecule has 1 aliphatic rings. The summed E-state index contributed by atoms with van der Waals surface area (Å²) in [6.45, 7) is 11.4. The third-order valence-corrected chi connectivity index (χ3v) is 1.98. The Morgan fingerprint density at radius 2 is 2.20 bits per heavy atom. The molecule has 0 unspecified atom stereocenters. The van der Waals surface area contributed by atoms with Crippen molar-refractivity contribution in [2.75, 3.05) is 6.61 Å². The van der Waals surface area contributed by atoms with Crippen LogP contribution in [0, 0.1) is 5.92 Å². The van der Waals surface area contributed by atoms with Gasteiger partial charge < -0.3 is 4.74 Å². The highest BCUT2D eigenvalue weighted by Crippen LogP contribution is 2.36. The van der Waals surface area contributed by atoms with Crippen molar-refractivity contribution in [3.63, 3.8) is 0 Å². The molecule has 1 nitrogen and oxygen atoms in total. The topological polar surface area (TPSA) is 12.5 Å². The molecule has 1 saturated heterocycles. The molecule has 0 aromatic heterocycles. The predicted molar refractivity (Wildman–Crippen MR) is 43.0 cm³/mol. The number of epoxide rings is 1. The van der Waals surface area contributed by atoms with Crippen LogP contribution in [-0.4, -0.2) is 12.2 Å². The molecule has 1 rings (SSSR count). The molecule has 0 aliphatic carbocycles. The van der Waals surface area contributed by atoms with Gasteiger partial charge in [-0.25, -0.2) is 0 Å². The lowest BCUT2D eigenvalue weighted by atomic mass is 9.95. The van der Waals surface area contributed by atoms with Crippen LogP contribution in [0.1, 0.15) is 27.2 Å². The van der Waals surface area contributed by atoms with Gasteiger partial charge in [0.2, 0.25) is 0 Å². The molecular formula is C9H16O. The number of hydrogen-bond acceptors (Lipinski definition) is 1. The SMILES string of the molecule is C=C(CC(C)C)[C@@]1(C)CO1. The van der Waals surface area contributed by atoms with Crippen molar-refractivity contribution in [1.29, 1.82) is 0 Å². The highest BCUT2D eigenvalue weighted by molar-refractivity contribution is 5.18. The highest BCUT2D eigenvalue weighted by atomic mass is 16.6. The summed E-state index contributed by atoms with van der Waals surface area (Å²) < 4.78 is 5.26. The van der Waals surface area contributed by atoms with Gasteiger partial charge in [0.15, 0.2) is 0 Å². The Labute approximate surface area is 63.1 Å². The fraction of sp³-hybridized carbons (Fsp3) is 0.778. The molecule has 1 heterocycles. The van der Waals surface area contributed by atoms with Crippen LogP contribution in [0.25, 0.3) is 0 Å². The van der Waals surface area contributed by atoms with E-state index in [4.69, 9.17) is 4.74 Å². The van der Waals surface area contributed by atoms with Crippen LogP contribution in [0.15, 0.2) is 12.2 Å². The third kappa shape index (κ3) is 1.60. The Kier molecular flexibility index (Phi) is 1.86. The summed E-state index contributed by atoms with van der Waals surface area (Å²) in [4.78, 5) is 0. The first-order chi connectivity index (χ1) is 4.54. The molecule has 0 saturated carbocycles. The van der Waals surface area contributed by atoms with E-state index in [-0.39, 0.29) is 5.60 Å². The van der Waals surface area contributed by atoms with Crippen LogP contribution in [0.3, 0.4) is 0 Å². The van der Waals surface area contributed by atoms with Gasteiger partial charge in [-0.3, -0.25) is 0 Å². The molecule has 0 aromatic carbocycles. The summed E-state index contributed by atoms with van der Waals surface area (Å²) in [5, 5.41) is 0. The van der Waals surface area contributed by atoms with Crippen LogP contribution in [0.4, 0.5) is 0 Å². The van der Waals surface area contributed by atoms with Crippen molar-refractivity contribution in [1.82, 2.24) is 0 Å². The van der Waals surface area contributed by atoms with E-state index in [9.17, 15) is 0 Å². The molecule has 0 amide bonds. The Bertz CT molecular complexity index is 143. The second-order valence-corrected chi connectivity index (χ2v) is 3.72. The first-order valence-corrected chi connectivity index (χ1v) is 3.87. The van der Waals surface area contributed by atoms with Gasteiger partial charge in [0.25, 0.3) is 0 Å². The second-order valence-electron chi connectivity index (χ2n) is 3.72. The van der Waals surface area contributed by atoms with Crippen LogP contribution in [0.5, 0.6) is 0 Å². The molecule has 1 fully saturated rings. The molecule has 1 heteroatoms. The van der Waals surface area contributed by atoms with E-state index < -0.39 is 0 Å². The summed E-state index contributed by atoms with van der Waals surface area (Å²) in [6, 6.07) is 0. The van der Waals surface area contributed by atoms with E-state index in [1.165, 1.54) is 5.57 Å². The lowest BCUT2D eigenvalue weighted by molar-refractivity contribution is 0.347. The fourth-order valence-corrected chi connectivity index (χ4v) is 1.02. The highest BCUT2D eigenvalue weighted by Gasteiger charge is 2.41. The number of ether oxygens (including phenoxy) is 1. The monoisotopic (exact) mass is 140 g/mol. The predicted octanol–water partition coefficient (Wildman–Crippen LogP) is 2.38. The molecule has 0 spiro atoms. The quantitative estimate of drug-likeness (QED) is 0.433. The van der Waals surface area contributed by atoms with Crippen LogP contribution in [-0.2, 0) is 4.74 Å². The summed E-state index contributed by atoms with van der Waals surface area (Å²) in [5.41, 5.74) is 1.30. The van der Waals surface area contributed by atoms with E-state index in [0.29, 0.717) is 5.92 Å². The average Bonchev–Trinajstić information content (AvgIpc) is 2.47. The third-order valence-electron chi connectivity index (χ3n) is 1.98. The Hall–Kier alpha value is -0.300. The number of hydrogen-bond donors (Lipinski definition) is 0. The van der Waals surface area contributed by atoms with Gasteiger partial charge in [0.05, 0.1) is 6.61 Å². The van der Waals surface area contributed by atoms with Gasteiger partial charge >= 0.3 is 0 Å². The number of rotatable bonds is 3. The van der Waals surface area contributed by atoms with Gasteiger partial charge in [-0.05, 0) is 24.8 Å². The van der Waals surface area contributed by atoms with Crippen molar-refractivity contribution in [3.05, 3.63) is 12.2 Å². The standard InChI is InChI=1S/C9H16O/c1-7(2)5-8(3)9(4)6-10-9/h7H,3,5-6H2,1-2,4H3/t9-/m1/s1. The zero-order valence-corrected chi connectivity index (χ0v) is 7.11. The summed E-state index contributed by atoms with van der Waals surface area (Å²) in [5.74, 6) is 0.702. The van der Waals surface area contributed by atoms with E-state index in [0.717, 1.165) is 13.0 Å². The molecule has 0 bridgehead atoms. The fourth-order valence-electron chi connectivity index (χ4n) is 1.02. The Morgan fingerprint density at radius 3 is 2.50 bits per heavy atom. The van der Waals surface area contributed by atoms with E-state index in [1.807, 2.05) is 0 Å². The summed E-state index contributed by atoms with van der Waals surface area (Å²) in [7, 11) is 0. The lowest BCUT2D eigenvalue weighted by Crippen LogP contribution is -2.09. The minimum atomic E-state index is 0.0459. The normalized spacial score (nSPS) is 30.8. The van der Waals surface area contributed by atoms with Crippen molar-refractivity contribution in [2.24, 2.45) is 5.92 Å². The minimum absolute atomic E-state index is 0.0459. The van der Waals surface area contributed by atoms with Crippen LogP contribution < -0.4 is 0 Å². The molecular weight excluding hydrogens is 124 g/mol. The minimum Gasteiger partial charge on any atom is -0.365 e. The summed E-state index contributed by atoms with van der Waals surface area (Å²) in [6.07, 6.45) is 1.09. The molecule has 0 aromatic rings. The Balaban J connectivity index is 2.35. The maximum atomic E-state index is 5.26. The first kappa shape index (κ1) is 7.80. The van der Waals surface area contributed by atoms with E-state index in [2.05, 4.69) is 27.4 Å². The van der Waals surface area contributed by atoms with Gasteiger partial charge in [-0.1, -0.05) is 20.4 Å². The van der Waals surface area contributed by atoms with Crippen LogP contribution in [0.2, 0.25) is 0 Å². The van der Waals surface area contributed by atoms with Gasteiger partial charge in [-0.15, -0.1) is 0 Å². The van der Waals surface area contributed by atoms with E-state index in [1.54, 1.807) is 0 Å². The smallest absolute Gasteiger partial charge is 0.109 e. The first-order valence-electron chi connectivity index (χ1n) is 3.87. The maximum absolute atomic E-state index is 5.26. The van der Waals surface area contributed by atoms with Gasteiger partial charge in [0.1, 0.15) is 5.60 Å². The molecule has 1 atom stereocenters. The lowest BCUT2D eigenvalue weighted by Gasteiger charge is -2.11. The zero-order valence-electron chi connectivity index (χ0n) is 7.11. The van der Waals surface area contributed by atoms with Crippen molar-refractivity contribution in [3.8, 4) is 0 Å². The molecule has 10 heavy (non-hydrogen) atoms. The molecule has 1 aliphatic heterocycles. The maximum Gasteiger partial charge on any atom is 0.109 e. The second kappa shape index (κ2) is 2.39. The van der Waals surface area contributed by atoms with Crippen molar-refractivity contribution < 1.29 is 4.74 Å². The van der Waals surface area contributed by atoms with Crippen LogP contribution >= 0.6 is 0 Å². The van der Waals surface area contributed by atoms with Crippen molar-refractivity contribution in [2.45, 2.75) is 32.8 Å². The van der Waals surface area contributed by atoms with Gasteiger partial charge in [0, 0.05) is 0 Å².